The number of aliphatic carboxylic acids is 1. The average Bonchev–Trinajstić information content (AvgIpc) is 2.86. The van der Waals surface area contributed by atoms with Gasteiger partial charge in [-0.05, 0) is 38.3 Å². The van der Waals surface area contributed by atoms with Gasteiger partial charge in [0.1, 0.15) is 0 Å². The Morgan fingerprint density at radius 2 is 2.43 bits per heavy atom. The van der Waals surface area contributed by atoms with Gasteiger partial charge in [-0.1, -0.05) is 12.1 Å². The van der Waals surface area contributed by atoms with Gasteiger partial charge in [-0.2, -0.15) is 4.98 Å². The number of nitrogens with zero attached hydrogens (tertiary/aromatic N) is 3. The van der Waals surface area contributed by atoms with E-state index in [1.807, 2.05) is 0 Å². The number of likely N-dealkylation sites (tertiary alicyclic amines) is 1. The van der Waals surface area contributed by atoms with E-state index in [-0.39, 0.29) is 6.54 Å². The quantitative estimate of drug-likeness (QED) is 0.736. The Kier molecular flexibility index (Phi) is 6.13. The highest BCUT2D eigenvalue weighted by atomic mass is 16.5. The lowest BCUT2D eigenvalue weighted by Gasteiger charge is -2.31. The van der Waals surface area contributed by atoms with Gasteiger partial charge in [0.05, 0.1) is 13.1 Å². The molecule has 7 heteroatoms. The second-order valence-electron chi connectivity index (χ2n) is 5.62. The van der Waals surface area contributed by atoms with E-state index in [0.29, 0.717) is 18.4 Å². The lowest BCUT2D eigenvalue weighted by atomic mass is 9.98. The number of nitrogens with one attached hydrogen (secondary N) is 1. The number of piperidine rings is 1. The zero-order valence-corrected chi connectivity index (χ0v) is 12.5. The predicted molar refractivity (Wildman–Crippen MR) is 76.8 cm³/mol. The topological polar surface area (TPSA) is 91.5 Å². The van der Waals surface area contributed by atoms with Crippen molar-refractivity contribution in [1.82, 2.24) is 20.4 Å². The molecular formula is C14H24N4O3. The minimum absolute atomic E-state index is 0.0283. The van der Waals surface area contributed by atoms with Gasteiger partial charge in [0, 0.05) is 13.0 Å². The molecule has 0 spiro atoms. The van der Waals surface area contributed by atoms with Gasteiger partial charge in [-0.25, -0.2) is 0 Å². The first-order chi connectivity index (χ1) is 10.2. The Bertz CT molecular complexity index is 449. The van der Waals surface area contributed by atoms with E-state index in [4.69, 9.17) is 9.63 Å². The van der Waals surface area contributed by atoms with E-state index < -0.39 is 5.97 Å². The molecule has 7 nitrogen and oxygen atoms in total. The van der Waals surface area contributed by atoms with Crippen LogP contribution in [0.25, 0.3) is 0 Å². The molecule has 1 aliphatic rings. The first kappa shape index (κ1) is 15.9. The van der Waals surface area contributed by atoms with Crippen LogP contribution >= 0.6 is 0 Å². The Morgan fingerprint density at radius 1 is 1.57 bits per heavy atom. The molecule has 0 bridgehead atoms. The number of carboxylic acids is 1. The van der Waals surface area contributed by atoms with E-state index >= 15 is 0 Å². The fraction of sp³-hybridized carbons (Fsp3) is 0.786. The molecule has 1 aromatic rings. The summed E-state index contributed by atoms with van der Waals surface area (Å²) in [6.45, 7) is 5.52. The van der Waals surface area contributed by atoms with E-state index in [1.54, 1.807) is 0 Å². The Balaban J connectivity index is 1.76. The highest BCUT2D eigenvalue weighted by molar-refractivity contribution is 5.68. The lowest BCUT2D eigenvalue weighted by molar-refractivity contribution is -0.136. The van der Waals surface area contributed by atoms with Crippen LogP contribution in [0.1, 0.15) is 37.9 Å². The molecule has 1 aliphatic heterocycles. The van der Waals surface area contributed by atoms with Crippen LogP contribution in [0.15, 0.2) is 4.52 Å². The summed E-state index contributed by atoms with van der Waals surface area (Å²) in [6.07, 6.45) is 4.12. The standard InChI is InChI=1S/C14H24N4O3/c1-2-4-12-16-13(21-17-12)10-18-6-3-5-11(9-18)7-15-8-14(19)20/h11,15H,2-10H2,1H3,(H,19,20). The van der Waals surface area contributed by atoms with Crippen molar-refractivity contribution in [2.75, 3.05) is 26.2 Å². The predicted octanol–water partition coefficient (Wildman–Crippen LogP) is 0.908. The van der Waals surface area contributed by atoms with Gasteiger partial charge in [0.15, 0.2) is 5.82 Å². The third-order valence-corrected chi connectivity index (χ3v) is 3.65. The number of hydrogen-bond donors (Lipinski definition) is 2. The van der Waals surface area contributed by atoms with Crippen molar-refractivity contribution in [2.24, 2.45) is 5.92 Å². The summed E-state index contributed by atoms with van der Waals surface area (Å²) in [5.74, 6) is 1.13. The van der Waals surface area contributed by atoms with Gasteiger partial charge < -0.3 is 14.9 Å². The van der Waals surface area contributed by atoms with Crippen molar-refractivity contribution in [1.29, 1.82) is 0 Å². The Hall–Kier alpha value is -1.47. The summed E-state index contributed by atoms with van der Waals surface area (Å²) >= 11 is 0. The summed E-state index contributed by atoms with van der Waals surface area (Å²) in [4.78, 5) is 17.2. The average molecular weight is 296 g/mol. The van der Waals surface area contributed by atoms with Crippen molar-refractivity contribution < 1.29 is 14.4 Å². The lowest BCUT2D eigenvalue weighted by Crippen LogP contribution is -2.40. The zero-order valence-electron chi connectivity index (χ0n) is 12.5. The molecule has 21 heavy (non-hydrogen) atoms. The number of carboxylic acid groups (broad SMARTS) is 1. The minimum Gasteiger partial charge on any atom is -0.480 e. The van der Waals surface area contributed by atoms with Crippen LogP contribution < -0.4 is 5.32 Å². The molecule has 1 atom stereocenters. The van der Waals surface area contributed by atoms with Crippen LogP contribution in [0, 0.1) is 5.92 Å². The van der Waals surface area contributed by atoms with Crippen LogP contribution in [0.3, 0.4) is 0 Å². The number of carbonyl (C=O) groups is 1. The smallest absolute Gasteiger partial charge is 0.317 e. The molecule has 1 aromatic heterocycles. The number of aryl methyl sites for hydroxylation is 1. The van der Waals surface area contributed by atoms with Crippen molar-refractivity contribution in [2.45, 2.75) is 39.2 Å². The van der Waals surface area contributed by atoms with Crippen LogP contribution in [0.5, 0.6) is 0 Å². The normalized spacial score (nSPS) is 19.8. The summed E-state index contributed by atoms with van der Waals surface area (Å²) in [5, 5.41) is 15.6. The molecule has 2 heterocycles. The molecule has 0 saturated carbocycles. The SMILES string of the molecule is CCCc1noc(CN2CCCC(CNCC(=O)O)C2)n1. The van der Waals surface area contributed by atoms with Crippen molar-refractivity contribution >= 4 is 5.97 Å². The number of hydrogen-bond acceptors (Lipinski definition) is 6. The first-order valence-electron chi connectivity index (χ1n) is 7.63. The van der Waals surface area contributed by atoms with Crippen LogP contribution in [-0.4, -0.2) is 52.3 Å². The molecule has 2 N–H and O–H groups in total. The van der Waals surface area contributed by atoms with Crippen molar-refractivity contribution in [3.8, 4) is 0 Å². The Morgan fingerprint density at radius 3 is 3.19 bits per heavy atom. The van der Waals surface area contributed by atoms with Crippen LogP contribution in [0.2, 0.25) is 0 Å². The van der Waals surface area contributed by atoms with E-state index in [1.165, 1.54) is 0 Å². The highest BCUT2D eigenvalue weighted by Gasteiger charge is 2.21. The van der Waals surface area contributed by atoms with Crippen LogP contribution in [-0.2, 0) is 17.8 Å². The number of rotatable bonds is 8. The van der Waals surface area contributed by atoms with Crippen molar-refractivity contribution in [3.05, 3.63) is 11.7 Å². The monoisotopic (exact) mass is 296 g/mol. The molecule has 0 amide bonds. The first-order valence-corrected chi connectivity index (χ1v) is 7.63. The molecule has 1 saturated heterocycles. The summed E-state index contributed by atoms with van der Waals surface area (Å²) in [6, 6.07) is 0. The van der Waals surface area contributed by atoms with Gasteiger partial charge in [0.2, 0.25) is 5.89 Å². The maximum Gasteiger partial charge on any atom is 0.317 e. The molecule has 1 unspecified atom stereocenters. The third-order valence-electron chi connectivity index (χ3n) is 3.65. The number of aromatic nitrogens is 2. The van der Waals surface area contributed by atoms with Gasteiger partial charge >= 0.3 is 5.97 Å². The summed E-state index contributed by atoms with van der Waals surface area (Å²) in [5.41, 5.74) is 0. The van der Waals surface area contributed by atoms with Crippen molar-refractivity contribution in [3.63, 3.8) is 0 Å². The van der Waals surface area contributed by atoms with Gasteiger partial charge in [-0.3, -0.25) is 9.69 Å². The second kappa shape index (κ2) is 8.09. The largest absolute Gasteiger partial charge is 0.480 e. The molecule has 2 rings (SSSR count). The molecular weight excluding hydrogens is 272 g/mol. The molecule has 1 fully saturated rings. The zero-order chi connectivity index (χ0) is 15.1. The summed E-state index contributed by atoms with van der Waals surface area (Å²) in [7, 11) is 0. The summed E-state index contributed by atoms with van der Waals surface area (Å²) < 4.78 is 5.27. The Labute approximate surface area is 124 Å². The van der Waals surface area contributed by atoms with E-state index in [2.05, 4.69) is 27.3 Å². The second-order valence-corrected chi connectivity index (χ2v) is 5.62. The third kappa shape index (κ3) is 5.43. The van der Waals surface area contributed by atoms with Gasteiger partial charge in [0.25, 0.3) is 0 Å². The molecule has 118 valence electrons. The fourth-order valence-corrected chi connectivity index (χ4v) is 2.72. The minimum atomic E-state index is -0.808. The molecule has 0 aliphatic carbocycles. The van der Waals surface area contributed by atoms with Crippen LogP contribution in [0.4, 0.5) is 0 Å². The van der Waals surface area contributed by atoms with Gasteiger partial charge in [-0.15, -0.1) is 0 Å². The highest BCUT2D eigenvalue weighted by Crippen LogP contribution is 2.17. The molecule has 0 aromatic carbocycles. The molecule has 0 radical (unpaired) electrons. The fourth-order valence-electron chi connectivity index (χ4n) is 2.72. The maximum atomic E-state index is 10.5. The maximum absolute atomic E-state index is 10.5. The van der Waals surface area contributed by atoms with E-state index in [0.717, 1.165) is 51.1 Å². The van der Waals surface area contributed by atoms with E-state index in [9.17, 15) is 4.79 Å².